The molecule has 0 saturated carbocycles. The molecule has 2 aliphatic rings. The van der Waals surface area contributed by atoms with Gasteiger partial charge < -0.3 is 23.9 Å². The van der Waals surface area contributed by atoms with Crippen molar-refractivity contribution in [3.63, 3.8) is 0 Å². The zero-order valence-electron chi connectivity index (χ0n) is 24.0. The van der Waals surface area contributed by atoms with Crippen molar-refractivity contribution in [3.8, 4) is 22.9 Å². The highest BCUT2D eigenvalue weighted by atomic mass is 16.5. The van der Waals surface area contributed by atoms with E-state index in [-0.39, 0.29) is 11.7 Å². The number of pyridine rings is 1. The molecule has 1 N–H and O–H groups in total. The number of nitrogens with zero attached hydrogens (tertiary/aromatic N) is 4. The number of carbonyl (C=O) groups is 1. The average molecular weight is 587 g/mol. The average Bonchev–Trinajstić information content (AvgIpc) is 3.36. The van der Waals surface area contributed by atoms with E-state index in [0.717, 1.165) is 76.4 Å². The number of carboxylic acid groups (broad SMARTS) is 1. The fourth-order valence-electron chi connectivity index (χ4n) is 5.75. The lowest BCUT2D eigenvalue weighted by Crippen LogP contribution is -2.31. The third-order valence-corrected chi connectivity index (χ3v) is 8.23. The van der Waals surface area contributed by atoms with E-state index >= 15 is 0 Å². The van der Waals surface area contributed by atoms with Crippen LogP contribution >= 0.6 is 0 Å². The molecule has 1 saturated heterocycles. The first-order valence-corrected chi connectivity index (χ1v) is 14.7. The Balaban J connectivity index is 1.25. The van der Waals surface area contributed by atoms with Crippen molar-refractivity contribution in [2.75, 3.05) is 13.2 Å². The van der Waals surface area contributed by atoms with E-state index in [4.69, 9.17) is 30.8 Å². The number of carboxylic acids is 1. The highest BCUT2D eigenvalue weighted by Crippen LogP contribution is 2.32. The molecule has 0 amide bonds. The van der Waals surface area contributed by atoms with Crippen LogP contribution in [0.3, 0.4) is 0 Å². The Kier molecular flexibility index (Phi) is 7.42. The molecule has 44 heavy (non-hydrogen) atoms. The van der Waals surface area contributed by atoms with Crippen molar-refractivity contribution in [2.24, 2.45) is 0 Å². The van der Waals surface area contributed by atoms with Crippen LogP contribution < -0.4 is 9.47 Å². The molecular formula is C35H30N4O5. The van der Waals surface area contributed by atoms with Gasteiger partial charge in [-0.05, 0) is 55.2 Å². The first kappa shape index (κ1) is 27.6. The van der Waals surface area contributed by atoms with Crippen molar-refractivity contribution in [1.29, 1.82) is 0 Å². The maximum absolute atomic E-state index is 11.7. The van der Waals surface area contributed by atoms with E-state index in [2.05, 4.69) is 15.5 Å². The molecule has 0 unspecified atom stereocenters. The van der Waals surface area contributed by atoms with Gasteiger partial charge in [-0.15, -0.1) is 0 Å². The topological polar surface area (TPSA) is 100 Å². The number of benzene rings is 3. The zero-order valence-corrected chi connectivity index (χ0v) is 24.0. The summed E-state index contributed by atoms with van der Waals surface area (Å²) in [4.78, 5) is 25.0. The van der Waals surface area contributed by atoms with E-state index < -0.39 is 5.97 Å². The first-order valence-electron chi connectivity index (χ1n) is 14.7. The summed E-state index contributed by atoms with van der Waals surface area (Å²) in [5.41, 5.74) is 7.10. The van der Waals surface area contributed by atoms with E-state index in [1.807, 2.05) is 48.5 Å². The second-order valence-corrected chi connectivity index (χ2v) is 11.1. The van der Waals surface area contributed by atoms with Gasteiger partial charge in [0, 0.05) is 30.2 Å². The van der Waals surface area contributed by atoms with Gasteiger partial charge in [0.05, 0.1) is 48.1 Å². The Morgan fingerprint density at radius 3 is 2.73 bits per heavy atom. The molecule has 0 aliphatic carbocycles. The SMILES string of the molecule is [C-]#[N+]c1ccc2c(c1)CCCOc1cc(ccc1Cc1nc3ccc(C(=O)O)cc3n1C[C@@H]1CCO1)-c1cccc(n1)OC2. The third kappa shape index (κ3) is 5.60. The normalized spacial score (nSPS) is 16.0. The summed E-state index contributed by atoms with van der Waals surface area (Å²) in [7, 11) is 0. The fraction of sp³-hybridized carbons (Fsp3) is 0.257. The van der Waals surface area contributed by atoms with E-state index in [1.165, 1.54) is 0 Å². The number of aromatic nitrogens is 3. The molecule has 0 spiro atoms. The zero-order chi connectivity index (χ0) is 30.0. The molecule has 1 fully saturated rings. The Hall–Kier alpha value is -5.20. The van der Waals surface area contributed by atoms with Crippen LogP contribution in [0.25, 0.3) is 27.1 Å². The summed E-state index contributed by atoms with van der Waals surface area (Å²) in [6.45, 7) is 9.64. The van der Waals surface area contributed by atoms with Crippen molar-refractivity contribution in [3.05, 3.63) is 112 Å². The van der Waals surface area contributed by atoms with Crippen LogP contribution in [0.1, 0.15) is 45.7 Å². The second-order valence-electron chi connectivity index (χ2n) is 11.1. The Morgan fingerprint density at radius 2 is 1.91 bits per heavy atom. The minimum absolute atomic E-state index is 0.0723. The molecular weight excluding hydrogens is 556 g/mol. The summed E-state index contributed by atoms with van der Waals surface area (Å²) < 4.78 is 20.4. The van der Waals surface area contributed by atoms with Gasteiger partial charge in [0.1, 0.15) is 18.2 Å². The van der Waals surface area contributed by atoms with Crippen molar-refractivity contribution < 1.29 is 24.1 Å². The number of fused-ring (bicyclic) bond motifs is 7. The number of imidazole rings is 1. The lowest BCUT2D eigenvalue weighted by molar-refractivity contribution is -0.0589. The monoisotopic (exact) mass is 586 g/mol. The smallest absolute Gasteiger partial charge is 0.335 e. The van der Waals surface area contributed by atoms with Gasteiger partial charge in [-0.25, -0.2) is 19.6 Å². The number of hydrogen-bond acceptors (Lipinski definition) is 6. The number of aryl methyl sites for hydroxylation is 1. The molecule has 9 nitrogen and oxygen atoms in total. The number of hydrogen-bond donors (Lipinski definition) is 1. The summed E-state index contributed by atoms with van der Waals surface area (Å²) in [6.07, 6.45) is 3.03. The number of rotatable bonds is 5. The van der Waals surface area contributed by atoms with E-state index in [9.17, 15) is 9.90 Å². The quantitative estimate of drug-likeness (QED) is 0.231. The van der Waals surface area contributed by atoms with E-state index in [1.54, 1.807) is 18.2 Å². The molecule has 1 atom stereocenters. The summed E-state index contributed by atoms with van der Waals surface area (Å²) in [6, 6.07) is 22.6. The van der Waals surface area contributed by atoms with Crippen molar-refractivity contribution >= 4 is 22.7 Å². The predicted octanol–water partition coefficient (Wildman–Crippen LogP) is 6.63. The fourth-order valence-corrected chi connectivity index (χ4v) is 5.75. The van der Waals surface area contributed by atoms with Crippen LogP contribution in [-0.4, -0.2) is 44.9 Å². The first-order chi connectivity index (χ1) is 21.5. The third-order valence-electron chi connectivity index (χ3n) is 8.23. The Morgan fingerprint density at radius 1 is 1.00 bits per heavy atom. The number of aromatic carboxylic acids is 1. The highest BCUT2D eigenvalue weighted by molar-refractivity contribution is 5.92. The van der Waals surface area contributed by atoms with Gasteiger partial charge in [0.15, 0.2) is 5.69 Å². The second kappa shape index (κ2) is 11.8. The maximum Gasteiger partial charge on any atom is 0.335 e. The minimum atomic E-state index is -0.969. The number of ether oxygens (including phenoxy) is 3. The highest BCUT2D eigenvalue weighted by Gasteiger charge is 2.23. The van der Waals surface area contributed by atoms with Crippen LogP contribution in [0.5, 0.6) is 11.6 Å². The summed E-state index contributed by atoms with van der Waals surface area (Å²) >= 11 is 0. The molecule has 4 heterocycles. The van der Waals surface area contributed by atoms with Gasteiger partial charge in [0.25, 0.3) is 0 Å². The molecule has 2 aromatic heterocycles. The van der Waals surface area contributed by atoms with Gasteiger partial charge >= 0.3 is 5.97 Å². The van der Waals surface area contributed by atoms with Gasteiger partial charge in [-0.1, -0.05) is 42.0 Å². The van der Waals surface area contributed by atoms with Gasteiger partial charge in [-0.2, -0.15) is 0 Å². The Bertz CT molecular complexity index is 1920. The maximum atomic E-state index is 11.7. The predicted molar refractivity (Wildman–Crippen MR) is 164 cm³/mol. The molecule has 9 heteroatoms. The molecule has 7 rings (SSSR count). The van der Waals surface area contributed by atoms with Gasteiger partial charge in [-0.3, -0.25) is 0 Å². The lowest BCUT2D eigenvalue weighted by Gasteiger charge is -2.27. The van der Waals surface area contributed by atoms with Crippen LogP contribution in [0.2, 0.25) is 0 Å². The summed E-state index contributed by atoms with van der Waals surface area (Å²) in [5, 5.41) is 9.61. The molecule has 3 aromatic carbocycles. The van der Waals surface area contributed by atoms with Crippen LogP contribution in [0.4, 0.5) is 5.69 Å². The molecule has 4 bridgehead atoms. The lowest BCUT2D eigenvalue weighted by atomic mass is 10.0. The largest absolute Gasteiger partial charge is 0.493 e. The van der Waals surface area contributed by atoms with Crippen LogP contribution in [0, 0.1) is 6.57 Å². The summed E-state index contributed by atoms with van der Waals surface area (Å²) in [5.74, 6) is 1.12. The Labute approximate surface area is 254 Å². The van der Waals surface area contributed by atoms with E-state index in [0.29, 0.717) is 37.7 Å². The van der Waals surface area contributed by atoms with Crippen LogP contribution in [0.15, 0.2) is 72.8 Å². The van der Waals surface area contributed by atoms with Crippen molar-refractivity contribution in [2.45, 2.75) is 44.9 Å². The molecule has 5 aromatic rings. The minimum Gasteiger partial charge on any atom is -0.493 e. The van der Waals surface area contributed by atoms with Gasteiger partial charge in [0.2, 0.25) is 5.88 Å². The molecule has 0 radical (unpaired) electrons. The standard InChI is InChI=1S/C35H30N4O5/c1-36-27-11-9-26-21-44-34-6-2-5-29(38-34)23-7-8-24(32(18-23)43-14-3-4-22(26)16-27)19-33-37-30-12-10-25(35(40)41)17-31(30)39(33)20-28-13-15-42-28/h2,5-12,16-18,28H,3-4,13-15,19-21H2,(H,40,41)/t28-/m0/s1. The molecule has 220 valence electrons. The molecule has 2 aliphatic heterocycles. The van der Waals surface area contributed by atoms with Crippen molar-refractivity contribution in [1.82, 2.24) is 14.5 Å². The van der Waals surface area contributed by atoms with Crippen LogP contribution in [-0.2, 0) is 30.7 Å².